The van der Waals surface area contributed by atoms with Crippen molar-refractivity contribution in [1.82, 2.24) is 10.0 Å². The first-order chi connectivity index (χ1) is 5.95. The van der Waals surface area contributed by atoms with Crippen molar-refractivity contribution in [3.63, 3.8) is 0 Å². The molecule has 0 bridgehead atoms. The molecule has 78 valence electrons. The second kappa shape index (κ2) is 5.90. The van der Waals surface area contributed by atoms with Gasteiger partial charge in [-0.3, -0.25) is 4.79 Å². The largest absolute Gasteiger partial charge is 0.355 e. The van der Waals surface area contributed by atoms with E-state index in [9.17, 15) is 13.2 Å². The molecule has 0 unspecified atom stereocenters. The second-order valence-corrected chi connectivity index (χ2v) is 4.39. The molecule has 6 nitrogen and oxygen atoms in total. The summed E-state index contributed by atoms with van der Waals surface area (Å²) in [6.45, 7) is 0.784. The zero-order valence-electron chi connectivity index (χ0n) is 7.54. The van der Waals surface area contributed by atoms with Gasteiger partial charge in [-0.15, -0.1) is 0 Å². The molecule has 0 aromatic rings. The summed E-state index contributed by atoms with van der Waals surface area (Å²) >= 11 is 0. The predicted molar refractivity (Wildman–Crippen MR) is 49.5 cm³/mol. The van der Waals surface area contributed by atoms with Gasteiger partial charge in [0.25, 0.3) is 0 Å². The maximum atomic E-state index is 10.8. The average molecular weight is 209 g/mol. The molecule has 0 aliphatic heterocycles. The molecule has 13 heavy (non-hydrogen) atoms. The fraction of sp³-hybridized carbons (Fsp3) is 0.833. The smallest absolute Gasteiger partial charge is 0.221 e. The number of sulfonamides is 1. The first-order valence-electron chi connectivity index (χ1n) is 3.87. The van der Waals surface area contributed by atoms with Crippen LogP contribution in [0.4, 0.5) is 0 Å². The van der Waals surface area contributed by atoms with Crippen molar-refractivity contribution in [2.24, 2.45) is 5.73 Å². The van der Waals surface area contributed by atoms with Gasteiger partial charge in [0.1, 0.15) is 0 Å². The van der Waals surface area contributed by atoms with Gasteiger partial charge in [0.2, 0.25) is 15.9 Å². The van der Waals surface area contributed by atoms with E-state index < -0.39 is 10.0 Å². The lowest BCUT2D eigenvalue weighted by molar-refractivity contribution is -0.120. The van der Waals surface area contributed by atoms with Crippen LogP contribution in [0.1, 0.15) is 6.42 Å². The molecule has 1 amide bonds. The summed E-state index contributed by atoms with van der Waals surface area (Å²) < 4.78 is 23.4. The number of nitrogens with one attached hydrogen (secondary N) is 2. The molecule has 0 aliphatic carbocycles. The third-order valence-corrected chi connectivity index (χ3v) is 1.91. The SMILES string of the molecule is CS(=O)(=O)NCCNC(=O)CCN. The van der Waals surface area contributed by atoms with Gasteiger partial charge < -0.3 is 11.1 Å². The molecular weight excluding hydrogens is 194 g/mol. The van der Waals surface area contributed by atoms with Gasteiger partial charge in [-0.25, -0.2) is 13.1 Å². The van der Waals surface area contributed by atoms with Crippen LogP contribution in [-0.4, -0.2) is 40.2 Å². The van der Waals surface area contributed by atoms with Crippen LogP contribution in [0, 0.1) is 0 Å². The molecule has 0 aliphatic rings. The van der Waals surface area contributed by atoms with Crippen LogP contribution in [-0.2, 0) is 14.8 Å². The van der Waals surface area contributed by atoms with Gasteiger partial charge in [-0.2, -0.15) is 0 Å². The molecule has 4 N–H and O–H groups in total. The Hall–Kier alpha value is -0.660. The van der Waals surface area contributed by atoms with Gasteiger partial charge in [0, 0.05) is 26.1 Å². The number of carbonyl (C=O) groups is 1. The van der Waals surface area contributed by atoms with Crippen molar-refractivity contribution >= 4 is 15.9 Å². The lowest BCUT2D eigenvalue weighted by Crippen LogP contribution is -2.34. The van der Waals surface area contributed by atoms with Crippen molar-refractivity contribution in [2.45, 2.75) is 6.42 Å². The lowest BCUT2D eigenvalue weighted by atomic mass is 10.4. The zero-order chi connectivity index (χ0) is 10.3. The van der Waals surface area contributed by atoms with Crippen LogP contribution in [0.3, 0.4) is 0 Å². The van der Waals surface area contributed by atoms with Gasteiger partial charge in [0.05, 0.1) is 6.26 Å². The van der Waals surface area contributed by atoms with Gasteiger partial charge in [-0.05, 0) is 0 Å². The molecule has 0 heterocycles. The van der Waals surface area contributed by atoms with E-state index in [0.717, 1.165) is 6.26 Å². The first kappa shape index (κ1) is 12.3. The molecule has 0 fully saturated rings. The Morgan fingerprint density at radius 1 is 1.38 bits per heavy atom. The Kier molecular flexibility index (Phi) is 5.60. The van der Waals surface area contributed by atoms with Crippen LogP contribution in [0.5, 0.6) is 0 Å². The normalized spacial score (nSPS) is 11.2. The Balaban J connectivity index is 3.41. The highest BCUT2D eigenvalue weighted by Crippen LogP contribution is 1.74. The van der Waals surface area contributed by atoms with Crippen LogP contribution in [0.25, 0.3) is 0 Å². The van der Waals surface area contributed by atoms with Crippen molar-refractivity contribution in [3.05, 3.63) is 0 Å². The van der Waals surface area contributed by atoms with Crippen LogP contribution >= 0.6 is 0 Å². The summed E-state index contributed by atoms with van der Waals surface area (Å²) in [7, 11) is -3.16. The second-order valence-electron chi connectivity index (χ2n) is 2.56. The van der Waals surface area contributed by atoms with E-state index in [1.807, 2.05) is 0 Å². The predicted octanol–water partition coefficient (Wildman–Crippen LogP) is -2.00. The summed E-state index contributed by atoms with van der Waals surface area (Å²) in [6, 6.07) is 0. The van der Waals surface area contributed by atoms with Gasteiger partial charge in [0.15, 0.2) is 0 Å². The van der Waals surface area contributed by atoms with E-state index in [4.69, 9.17) is 5.73 Å². The maximum absolute atomic E-state index is 10.8. The minimum Gasteiger partial charge on any atom is -0.355 e. The minimum absolute atomic E-state index is 0.169. The van der Waals surface area contributed by atoms with E-state index in [1.54, 1.807) is 0 Å². The molecule has 7 heteroatoms. The van der Waals surface area contributed by atoms with Crippen molar-refractivity contribution in [2.75, 3.05) is 25.9 Å². The highest BCUT2D eigenvalue weighted by molar-refractivity contribution is 7.88. The van der Waals surface area contributed by atoms with Crippen molar-refractivity contribution in [1.29, 1.82) is 0 Å². The molecule has 0 radical (unpaired) electrons. The number of rotatable bonds is 6. The summed E-state index contributed by atoms with van der Waals surface area (Å²) in [6.07, 6.45) is 1.33. The zero-order valence-corrected chi connectivity index (χ0v) is 8.36. The van der Waals surface area contributed by atoms with Crippen LogP contribution < -0.4 is 15.8 Å². The summed E-state index contributed by atoms with van der Waals surface area (Å²) in [5.74, 6) is -0.169. The van der Waals surface area contributed by atoms with E-state index in [1.165, 1.54) is 0 Å². The number of nitrogens with two attached hydrogens (primary N) is 1. The maximum Gasteiger partial charge on any atom is 0.221 e. The Morgan fingerprint density at radius 3 is 2.46 bits per heavy atom. The summed E-state index contributed by atoms with van der Waals surface area (Å²) in [5, 5.41) is 2.51. The molecule has 0 aromatic carbocycles. The molecule has 0 atom stereocenters. The van der Waals surface area contributed by atoms with Gasteiger partial charge >= 0.3 is 0 Å². The highest BCUT2D eigenvalue weighted by Gasteiger charge is 2.00. The Morgan fingerprint density at radius 2 is 2.00 bits per heavy atom. The topological polar surface area (TPSA) is 101 Å². The third kappa shape index (κ3) is 9.25. The number of carbonyl (C=O) groups excluding carboxylic acids is 1. The number of hydrogen-bond donors (Lipinski definition) is 3. The quantitative estimate of drug-likeness (QED) is 0.440. The molecule has 0 spiro atoms. The van der Waals surface area contributed by atoms with Crippen LogP contribution in [0.2, 0.25) is 0 Å². The molecular formula is C6H15N3O3S. The highest BCUT2D eigenvalue weighted by atomic mass is 32.2. The monoisotopic (exact) mass is 209 g/mol. The molecule has 0 saturated heterocycles. The Labute approximate surface area is 77.9 Å². The summed E-state index contributed by atoms with van der Waals surface area (Å²) in [5.41, 5.74) is 5.13. The number of hydrogen-bond acceptors (Lipinski definition) is 4. The minimum atomic E-state index is -3.16. The van der Waals surface area contributed by atoms with Crippen molar-refractivity contribution < 1.29 is 13.2 Å². The fourth-order valence-electron chi connectivity index (χ4n) is 0.658. The number of amides is 1. The Bertz CT molecular complexity index is 250. The van der Waals surface area contributed by atoms with Crippen LogP contribution in [0.15, 0.2) is 0 Å². The molecule has 0 saturated carbocycles. The van der Waals surface area contributed by atoms with Gasteiger partial charge in [-0.1, -0.05) is 0 Å². The average Bonchev–Trinajstić information content (AvgIpc) is 1.97. The molecule has 0 aromatic heterocycles. The lowest BCUT2D eigenvalue weighted by Gasteiger charge is -2.04. The van der Waals surface area contributed by atoms with E-state index in [0.29, 0.717) is 6.54 Å². The summed E-state index contributed by atoms with van der Waals surface area (Å²) in [4.78, 5) is 10.8. The molecule has 0 rings (SSSR count). The fourth-order valence-corrected chi connectivity index (χ4v) is 1.13. The third-order valence-electron chi connectivity index (χ3n) is 1.18. The standard InChI is InChI=1S/C6H15N3O3S/c1-13(11,12)9-5-4-8-6(10)2-3-7/h9H,2-5,7H2,1H3,(H,8,10). The first-order valence-corrected chi connectivity index (χ1v) is 5.76. The van der Waals surface area contributed by atoms with Crippen molar-refractivity contribution in [3.8, 4) is 0 Å². The van der Waals surface area contributed by atoms with E-state index >= 15 is 0 Å². The van der Waals surface area contributed by atoms with E-state index in [-0.39, 0.29) is 25.4 Å². The van der Waals surface area contributed by atoms with E-state index in [2.05, 4.69) is 10.0 Å².